The predicted molar refractivity (Wildman–Crippen MR) is 75.4 cm³/mol. The van der Waals surface area contributed by atoms with Gasteiger partial charge in [-0.3, -0.25) is 0 Å². The quantitative estimate of drug-likeness (QED) is 0.712. The highest BCUT2D eigenvalue weighted by Gasteiger charge is 2.27. The number of nitrogens with two attached hydrogens (primary N) is 1. The van der Waals surface area contributed by atoms with Gasteiger partial charge in [0.25, 0.3) is 0 Å². The second-order valence-corrected chi connectivity index (χ2v) is 4.89. The molecule has 0 fully saturated rings. The Morgan fingerprint density at radius 2 is 1.81 bits per heavy atom. The molecule has 0 aliphatic heterocycles. The van der Waals surface area contributed by atoms with E-state index < -0.39 is 12.8 Å². The van der Waals surface area contributed by atoms with Crippen molar-refractivity contribution in [1.29, 1.82) is 0 Å². The lowest BCUT2D eigenvalue weighted by atomic mass is 10.0. The van der Waals surface area contributed by atoms with Crippen LogP contribution in [0, 0.1) is 0 Å². The van der Waals surface area contributed by atoms with Crippen molar-refractivity contribution in [3.8, 4) is 5.75 Å². The first-order chi connectivity index (χ1) is 9.90. The summed E-state index contributed by atoms with van der Waals surface area (Å²) in [5.74, 6) is 0.694. The van der Waals surface area contributed by atoms with Crippen LogP contribution in [0.5, 0.6) is 5.75 Å². The zero-order valence-electron chi connectivity index (χ0n) is 12.2. The maximum atomic E-state index is 11.8. The van der Waals surface area contributed by atoms with E-state index in [1.54, 1.807) is 0 Å². The van der Waals surface area contributed by atoms with Crippen molar-refractivity contribution in [3.05, 3.63) is 29.8 Å². The standard InChI is InChI=1S/C15H22F3NO2/c1-2-13(19)10-12-4-6-14(7-5-12)21-9-3-8-20-11-15(16,17)18/h4-7,13H,2-3,8-11,19H2,1H3. The van der Waals surface area contributed by atoms with Crippen LogP contribution >= 0.6 is 0 Å². The van der Waals surface area contributed by atoms with Crippen LogP contribution in [0.3, 0.4) is 0 Å². The summed E-state index contributed by atoms with van der Waals surface area (Å²) in [5, 5.41) is 0. The van der Waals surface area contributed by atoms with Crippen molar-refractivity contribution >= 4 is 0 Å². The van der Waals surface area contributed by atoms with E-state index in [1.165, 1.54) is 0 Å². The first-order valence-corrected chi connectivity index (χ1v) is 7.02. The van der Waals surface area contributed by atoms with Crippen LogP contribution in [0.25, 0.3) is 0 Å². The molecular formula is C15H22F3NO2. The van der Waals surface area contributed by atoms with Gasteiger partial charge in [-0.2, -0.15) is 13.2 Å². The lowest BCUT2D eigenvalue weighted by molar-refractivity contribution is -0.174. The third-order valence-electron chi connectivity index (χ3n) is 2.91. The molecule has 1 aromatic carbocycles. The van der Waals surface area contributed by atoms with Gasteiger partial charge in [-0.05, 0) is 30.5 Å². The monoisotopic (exact) mass is 305 g/mol. The molecule has 2 N–H and O–H groups in total. The van der Waals surface area contributed by atoms with Gasteiger partial charge in [0.15, 0.2) is 0 Å². The summed E-state index contributed by atoms with van der Waals surface area (Å²) >= 11 is 0. The first kappa shape index (κ1) is 17.8. The molecule has 1 unspecified atom stereocenters. The summed E-state index contributed by atoms with van der Waals surface area (Å²) < 4.78 is 45.4. The van der Waals surface area contributed by atoms with Crippen LogP contribution in [0.4, 0.5) is 13.2 Å². The number of hydrogen-bond donors (Lipinski definition) is 1. The number of rotatable bonds is 9. The minimum atomic E-state index is -4.27. The number of ether oxygens (including phenoxy) is 2. The molecule has 0 bridgehead atoms. The molecule has 1 rings (SSSR count). The fraction of sp³-hybridized carbons (Fsp3) is 0.600. The second kappa shape index (κ2) is 8.89. The average Bonchev–Trinajstić information content (AvgIpc) is 2.43. The zero-order valence-corrected chi connectivity index (χ0v) is 12.2. The largest absolute Gasteiger partial charge is 0.494 e. The van der Waals surface area contributed by atoms with Crippen molar-refractivity contribution in [2.45, 2.75) is 38.4 Å². The summed E-state index contributed by atoms with van der Waals surface area (Å²) in [6.45, 7) is 1.19. The van der Waals surface area contributed by atoms with Gasteiger partial charge in [0.1, 0.15) is 12.4 Å². The number of benzene rings is 1. The third-order valence-corrected chi connectivity index (χ3v) is 2.91. The van der Waals surface area contributed by atoms with Crippen molar-refractivity contribution in [3.63, 3.8) is 0 Å². The SMILES string of the molecule is CCC(N)Cc1ccc(OCCCOCC(F)(F)F)cc1. The molecule has 6 heteroatoms. The lowest BCUT2D eigenvalue weighted by Crippen LogP contribution is -2.21. The van der Waals surface area contributed by atoms with Gasteiger partial charge in [-0.1, -0.05) is 19.1 Å². The zero-order chi connectivity index (χ0) is 15.7. The molecule has 0 aromatic heterocycles. The van der Waals surface area contributed by atoms with E-state index in [0.717, 1.165) is 18.4 Å². The van der Waals surface area contributed by atoms with E-state index in [9.17, 15) is 13.2 Å². The Bertz CT molecular complexity index is 393. The van der Waals surface area contributed by atoms with Crippen molar-refractivity contribution in [2.75, 3.05) is 19.8 Å². The average molecular weight is 305 g/mol. The highest BCUT2D eigenvalue weighted by molar-refractivity contribution is 5.27. The van der Waals surface area contributed by atoms with Crippen LogP contribution in [-0.4, -0.2) is 32.0 Å². The Kier molecular flexibility index (Phi) is 7.53. The summed E-state index contributed by atoms with van der Waals surface area (Å²) in [6.07, 6.45) is -2.10. The Labute approximate surface area is 123 Å². The molecule has 1 aromatic rings. The maximum Gasteiger partial charge on any atom is 0.411 e. The van der Waals surface area contributed by atoms with E-state index in [1.807, 2.05) is 31.2 Å². The Morgan fingerprint density at radius 1 is 1.14 bits per heavy atom. The molecule has 3 nitrogen and oxygen atoms in total. The molecule has 0 saturated heterocycles. The summed E-state index contributed by atoms with van der Waals surface area (Å²) in [4.78, 5) is 0. The molecular weight excluding hydrogens is 283 g/mol. The molecule has 120 valence electrons. The summed E-state index contributed by atoms with van der Waals surface area (Å²) in [5.41, 5.74) is 7.02. The molecule has 0 radical (unpaired) electrons. The molecule has 1 atom stereocenters. The Hall–Kier alpha value is -1.27. The van der Waals surface area contributed by atoms with Gasteiger partial charge < -0.3 is 15.2 Å². The van der Waals surface area contributed by atoms with Crippen LogP contribution in [0.2, 0.25) is 0 Å². The smallest absolute Gasteiger partial charge is 0.411 e. The van der Waals surface area contributed by atoms with Crippen LogP contribution in [0.15, 0.2) is 24.3 Å². The highest BCUT2D eigenvalue weighted by Crippen LogP contribution is 2.15. The first-order valence-electron chi connectivity index (χ1n) is 7.02. The van der Waals surface area contributed by atoms with E-state index in [0.29, 0.717) is 18.8 Å². The number of alkyl halides is 3. The summed E-state index contributed by atoms with van der Waals surface area (Å²) in [6, 6.07) is 7.74. The molecule has 0 spiro atoms. The van der Waals surface area contributed by atoms with Crippen molar-refractivity contribution < 1.29 is 22.6 Å². The van der Waals surface area contributed by atoms with E-state index in [4.69, 9.17) is 10.5 Å². The Morgan fingerprint density at radius 3 is 2.38 bits per heavy atom. The van der Waals surface area contributed by atoms with Gasteiger partial charge in [0, 0.05) is 12.5 Å². The van der Waals surface area contributed by atoms with Crippen LogP contribution < -0.4 is 10.5 Å². The molecule has 21 heavy (non-hydrogen) atoms. The van der Waals surface area contributed by atoms with Gasteiger partial charge >= 0.3 is 6.18 Å². The van der Waals surface area contributed by atoms with Crippen molar-refractivity contribution in [2.24, 2.45) is 5.73 Å². The lowest BCUT2D eigenvalue weighted by Gasteiger charge is -2.10. The Balaban J connectivity index is 2.18. The fourth-order valence-electron chi connectivity index (χ4n) is 1.71. The van der Waals surface area contributed by atoms with Gasteiger partial charge in [0.2, 0.25) is 0 Å². The predicted octanol–water partition coefficient (Wildman–Crippen LogP) is 3.31. The van der Waals surface area contributed by atoms with E-state index in [2.05, 4.69) is 4.74 Å². The topological polar surface area (TPSA) is 44.5 Å². The van der Waals surface area contributed by atoms with Gasteiger partial charge in [-0.15, -0.1) is 0 Å². The molecule has 0 heterocycles. The van der Waals surface area contributed by atoms with Gasteiger partial charge in [-0.25, -0.2) is 0 Å². The van der Waals surface area contributed by atoms with Crippen LogP contribution in [0.1, 0.15) is 25.3 Å². The minimum Gasteiger partial charge on any atom is -0.494 e. The third kappa shape index (κ3) is 8.57. The maximum absolute atomic E-state index is 11.8. The number of halogens is 3. The normalized spacial score (nSPS) is 13.2. The molecule has 0 aliphatic carbocycles. The highest BCUT2D eigenvalue weighted by atomic mass is 19.4. The van der Waals surface area contributed by atoms with E-state index >= 15 is 0 Å². The van der Waals surface area contributed by atoms with Crippen LogP contribution in [-0.2, 0) is 11.2 Å². The van der Waals surface area contributed by atoms with Crippen molar-refractivity contribution in [1.82, 2.24) is 0 Å². The molecule has 0 amide bonds. The molecule has 0 saturated carbocycles. The fourth-order valence-corrected chi connectivity index (χ4v) is 1.71. The van der Waals surface area contributed by atoms with E-state index in [-0.39, 0.29) is 12.6 Å². The second-order valence-electron chi connectivity index (χ2n) is 4.89. The molecule has 0 aliphatic rings. The number of hydrogen-bond acceptors (Lipinski definition) is 3. The minimum absolute atomic E-state index is 0.0307. The van der Waals surface area contributed by atoms with Gasteiger partial charge in [0.05, 0.1) is 13.2 Å². The summed E-state index contributed by atoms with van der Waals surface area (Å²) in [7, 11) is 0.